The number of rotatable bonds is 3. The Hall–Kier alpha value is -1.71. The van der Waals surface area contributed by atoms with E-state index in [-0.39, 0.29) is 0 Å². The van der Waals surface area contributed by atoms with Crippen molar-refractivity contribution in [2.24, 2.45) is 0 Å². The lowest BCUT2D eigenvalue weighted by Gasteiger charge is -2.30. The number of hydrogen-bond acceptors (Lipinski definition) is 2. The molecule has 3 heteroatoms. The summed E-state index contributed by atoms with van der Waals surface area (Å²) in [5, 5.41) is 1.25. The van der Waals surface area contributed by atoms with E-state index in [1.165, 1.54) is 29.0 Å². The largest absolute Gasteiger partial charge is 0.325 e. The highest BCUT2D eigenvalue weighted by Gasteiger charge is 2.27. The molecule has 0 aliphatic heterocycles. The molecule has 1 unspecified atom stereocenters. The molecule has 1 aliphatic carbocycles. The highest BCUT2D eigenvalue weighted by atomic mass is 32.1. The monoisotopic (exact) mass is 309 g/mol. The smallest absolute Gasteiger partial charge is 0.148 e. The number of hydrogen-bond donors (Lipinski definition) is 1. The van der Waals surface area contributed by atoms with Gasteiger partial charge >= 0.3 is 0 Å². The zero-order valence-electron chi connectivity index (χ0n) is 12.9. The summed E-state index contributed by atoms with van der Waals surface area (Å²) < 4.78 is 1.30. The van der Waals surface area contributed by atoms with Crippen LogP contribution in [0.3, 0.4) is 0 Å². The summed E-state index contributed by atoms with van der Waals surface area (Å²) in [5.74, 6) is 0. The van der Waals surface area contributed by atoms with Gasteiger partial charge in [-0.2, -0.15) is 0 Å². The Morgan fingerprint density at radius 1 is 1.14 bits per heavy atom. The maximum Gasteiger partial charge on any atom is 0.148 e. The third-order valence-electron chi connectivity index (χ3n) is 4.73. The first-order chi connectivity index (χ1) is 10.8. The lowest BCUT2D eigenvalue weighted by molar-refractivity contribution is -0.926. The van der Waals surface area contributed by atoms with Gasteiger partial charge in [-0.05, 0) is 30.5 Å². The van der Waals surface area contributed by atoms with Crippen LogP contribution in [-0.2, 0) is 13.0 Å². The first kappa shape index (κ1) is 13.9. The highest BCUT2D eigenvalue weighted by molar-refractivity contribution is 7.18. The molecule has 2 atom stereocenters. The summed E-state index contributed by atoms with van der Waals surface area (Å²) in [5.41, 5.74) is 4.23. The van der Waals surface area contributed by atoms with Crippen molar-refractivity contribution in [2.45, 2.75) is 31.8 Å². The standard InChI is InChI=1S/C19H20N2S/c1-21(13-19-20-16-10-4-5-12-18(16)22-19)17-11-6-8-14-7-2-3-9-15(14)17/h2-5,7,9-10,12,17H,6,8,11,13H2,1H3/p+1/t17-/m0/s1. The zero-order valence-corrected chi connectivity index (χ0v) is 13.7. The second-order valence-corrected chi connectivity index (χ2v) is 7.36. The van der Waals surface area contributed by atoms with Gasteiger partial charge in [-0.3, -0.25) is 0 Å². The van der Waals surface area contributed by atoms with Crippen molar-refractivity contribution >= 4 is 21.6 Å². The van der Waals surface area contributed by atoms with Gasteiger partial charge < -0.3 is 4.90 Å². The number of fused-ring (bicyclic) bond motifs is 2. The van der Waals surface area contributed by atoms with Crippen molar-refractivity contribution in [3.8, 4) is 0 Å². The van der Waals surface area contributed by atoms with E-state index in [0.29, 0.717) is 6.04 Å². The van der Waals surface area contributed by atoms with Crippen LogP contribution >= 0.6 is 11.3 Å². The van der Waals surface area contributed by atoms with E-state index in [1.54, 1.807) is 16.0 Å². The molecule has 112 valence electrons. The predicted molar refractivity (Wildman–Crippen MR) is 92.3 cm³/mol. The Balaban J connectivity index is 1.58. The van der Waals surface area contributed by atoms with Crippen molar-refractivity contribution in [3.05, 3.63) is 64.7 Å². The quantitative estimate of drug-likeness (QED) is 0.785. The predicted octanol–water partition coefficient (Wildman–Crippen LogP) is 3.39. The van der Waals surface area contributed by atoms with Crippen LogP contribution in [0.2, 0.25) is 0 Å². The van der Waals surface area contributed by atoms with Crippen LogP contribution in [0.5, 0.6) is 0 Å². The van der Waals surface area contributed by atoms with Gasteiger partial charge in [0.2, 0.25) is 0 Å². The second-order valence-electron chi connectivity index (χ2n) is 6.24. The Kier molecular flexibility index (Phi) is 3.68. The normalized spacial score (nSPS) is 19.0. The van der Waals surface area contributed by atoms with Crippen molar-refractivity contribution in [2.75, 3.05) is 7.05 Å². The summed E-state index contributed by atoms with van der Waals surface area (Å²) in [4.78, 5) is 6.36. The molecule has 0 saturated carbocycles. The molecule has 0 radical (unpaired) electrons. The van der Waals surface area contributed by atoms with Gasteiger partial charge in [0.1, 0.15) is 17.6 Å². The van der Waals surface area contributed by atoms with Gasteiger partial charge in [0.05, 0.1) is 17.3 Å². The van der Waals surface area contributed by atoms with Crippen LogP contribution in [0.15, 0.2) is 48.5 Å². The van der Waals surface area contributed by atoms with E-state index in [2.05, 4.69) is 55.6 Å². The van der Waals surface area contributed by atoms with Crippen molar-refractivity contribution in [1.82, 2.24) is 4.98 Å². The molecular weight excluding hydrogens is 288 g/mol. The summed E-state index contributed by atoms with van der Waals surface area (Å²) >= 11 is 1.84. The van der Waals surface area contributed by atoms with E-state index in [0.717, 1.165) is 12.1 Å². The third-order valence-corrected chi connectivity index (χ3v) is 5.77. The summed E-state index contributed by atoms with van der Waals surface area (Å²) in [6, 6.07) is 18.0. The van der Waals surface area contributed by atoms with Gasteiger partial charge in [-0.1, -0.05) is 36.4 Å². The van der Waals surface area contributed by atoms with Crippen LogP contribution in [0, 0.1) is 0 Å². The molecule has 0 spiro atoms. The fraction of sp³-hybridized carbons (Fsp3) is 0.316. The van der Waals surface area contributed by atoms with E-state index in [1.807, 2.05) is 11.3 Å². The van der Waals surface area contributed by atoms with Crippen molar-refractivity contribution in [3.63, 3.8) is 0 Å². The number of nitrogens with zero attached hydrogens (tertiary/aromatic N) is 1. The van der Waals surface area contributed by atoms with E-state index in [4.69, 9.17) is 4.98 Å². The second kappa shape index (κ2) is 5.82. The van der Waals surface area contributed by atoms with Gasteiger partial charge in [-0.15, -0.1) is 11.3 Å². The van der Waals surface area contributed by atoms with E-state index >= 15 is 0 Å². The molecule has 22 heavy (non-hydrogen) atoms. The summed E-state index contributed by atoms with van der Waals surface area (Å²) in [6.07, 6.45) is 3.83. The average molecular weight is 309 g/mol. The fourth-order valence-electron chi connectivity index (χ4n) is 3.62. The topological polar surface area (TPSA) is 17.3 Å². The number of quaternary nitrogens is 1. The SMILES string of the molecule is C[NH+](Cc1nc2ccccc2s1)[C@H]1CCCc2ccccc21. The molecule has 0 fully saturated rings. The molecule has 1 heterocycles. The van der Waals surface area contributed by atoms with Gasteiger partial charge in [0.25, 0.3) is 0 Å². The lowest BCUT2D eigenvalue weighted by Crippen LogP contribution is -3.08. The number of nitrogens with one attached hydrogen (secondary N) is 1. The lowest BCUT2D eigenvalue weighted by atomic mass is 9.87. The maximum absolute atomic E-state index is 4.80. The minimum atomic E-state index is 0.608. The summed E-state index contributed by atoms with van der Waals surface area (Å²) in [6.45, 7) is 1.01. The number of thiazole rings is 1. The first-order valence-corrected chi connectivity index (χ1v) is 8.87. The van der Waals surface area contributed by atoms with E-state index in [9.17, 15) is 0 Å². The molecule has 4 rings (SSSR count). The third kappa shape index (κ3) is 2.55. The Bertz CT molecular complexity index is 760. The number of aromatic nitrogens is 1. The Morgan fingerprint density at radius 2 is 1.95 bits per heavy atom. The molecule has 2 aromatic carbocycles. The van der Waals surface area contributed by atoms with Crippen LogP contribution in [0.1, 0.15) is 35.0 Å². The van der Waals surface area contributed by atoms with Crippen molar-refractivity contribution in [1.29, 1.82) is 0 Å². The number of aryl methyl sites for hydroxylation is 1. The molecule has 0 bridgehead atoms. The molecule has 1 N–H and O–H groups in total. The van der Waals surface area contributed by atoms with Gasteiger partial charge in [0, 0.05) is 12.0 Å². The van der Waals surface area contributed by atoms with Crippen LogP contribution < -0.4 is 4.90 Å². The maximum atomic E-state index is 4.80. The zero-order chi connectivity index (χ0) is 14.9. The van der Waals surface area contributed by atoms with Crippen LogP contribution in [0.25, 0.3) is 10.2 Å². The molecule has 1 aromatic heterocycles. The van der Waals surface area contributed by atoms with Gasteiger partial charge in [0.15, 0.2) is 0 Å². The van der Waals surface area contributed by atoms with Crippen molar-refractivity contribution < 1.29 is 4.90 Å². The molecule has 0 amide bonds. The minimum Gasteiger partial charge on any atom is -0.325 e. The molecule has 2 nitrogen and oxygen atoms in total. The number of para-hydroxylation sites is 1. The molecular formula is C19H21N2S+. The highest BCUT2D eigenvalue weighted by Crippen LogP contribution is 2.28. The molecule has 0 saturated heterocycles. The average Bonchev–Trinajstić information content (AvgIpc) is 2.96. The van der Waals surface area contributed by atoms with Crippen LogP contribution in [-0.4, -0.2) is 12.0 Å². The summed E-state index contributed by atoms with van der Waals surface area (Å²) in [7, 11) is 2.32. The Morgan fingerprint density at radius 3 is 2.86 bits per heavy atom. The minimum absolute atomic E-state index is 0.608. The molecule has 1 aliphatic rings. The Labute approximate surface area is 135 Å². The van der Waals surface area contributed by atoms with E-state index < -0.39 is 0 Å². The van der Waals surface area contributed by atoms with Crippen LogP contribution in [0.4, 0.5) is 0 Å². The fourth-order valence-corrected chi connectivity index (χ4v) is 4.69. The van der Waals surface area contributed by atoms with Gasteiger partial charge in [-0.25, -0.2) is 4.98 Å². The first-order valence-electron chi connectivity index (χ1n) is 8.06. The molecule has 3 aromatic rings. The number of benzene rings is 2.